The normalized spacial score (nSPS) is 20.5. The summed E-state index contributed by atoms with van der Waals surface area (Å²) in [6, 6.07) is 0.924. The number of nitrogens with one attached hydrogen (secondary N) is 1. The number of amides is 1. The van der Waals surface area contributed by atoms with Crippen LogP contribution in [0.5, 0.6) is 0 Å². The van der Waals surface area contributed by atoms with Crippen LogP contribution in [0.3, 0.4) is 0 Å². The van der Waals surface area contributed by atoms with Gasteiger partial charge in [-0.15, -0.1) is 0 Å². The zero-order chi connectivity index (χ0) is 12.8. The highest BCUT2D eigenvalue weighted by Gasteiger charge is 2.21. The summed E-state index contributed by atoms with van der Waals surface area (Å²) in [5, 5.41) is 12.2. The Labute approximate surface area is 104 Å². The number of hydrogen-bond acceptors (Lipinski definition) is 3. The van der Waals surface area contributed by atoms with Crippen molar-refractivity contribution in [3.8, 4) is 0 Å². The average Bonchev–Trinajstić information content (AvgIpc) is 2.27. The average molecular weight is 242 g/mol. The van der Waals surface area contributed by atoms with Crippen LogP contribution in [-0.4, -0.2) is 47.2 Å². The smallest absolute Gasteiger partial charge is 0.220 e. The van der Waals surface area contributed by atoms with Crippen LogP contribution in [0.25, 0.3) is 0 Å². The number of nitrogens with zero attached hydrogens (tertiary/aromatic N) is 1. The van der Waals surface area contributed by atoms with Gasteiger partial charge in [-0.2, -0.15) is 0 Å². The van der Waals surface area contributed by atoms with Crippen LogP contribution in [0.15, 0.2) is 0 Å². The van der Waals surface area contributed by atoms with E-state index in [-0.39, 0.29) is 12.0 Å². The monoisotopic (exact) mass is 242 g/mol. The molecule has 17 heavy (non-hydrogen) atoms. The molecule has 1 fully saturated rings. The van der Waals surface area contributed by atoms with Crippen molar-refractivity contribution in [1.82, 2.24) is 10.2 Å². The Balaban J connectivity index is 2.19. The molecule has 0 spiro atoms. The van der Waals surface area contributed by atoms with Crippen molar-refractivity contribution in [3.05, 3.63) is 0 Å². The van der Waals surface area contributed by atoms with Gasteiger partial charge in [-0.05, 0) is 40.0 Å². The maximum absolute atomic E-state index is 11.6. The summed E-state index contributed by atoms with van der Waals surface area (Å²) in [5.41, 5.74) is 0. The Hall–Kier alpha value is -0.610. The molecule has 1 atom stereocenters. The molecular weight excluding hydrogens is 216 g/mol. The van der Waals surface area contributed by atoms with Gasteiger partial charge < -0.3 is 15.3 Å². The van der Waals surface area contributed by atoms with E-state index in [1.807, 2.05) is 0 Å². The SMILES string of the molecule is CC(O)CCC(=O)NC1CCN(C(C)C)CC1. The lowest BCUT2D eigenvalue weighted by atomic mass is 10.0. The van der Waals surface area contributed by atoms with E-state index in [1.54, 1.807) is 6.92 Å². The van der Waals surface area contributed by atoms with E-state index in [0.717, 1.165) is 25.9 Å². The molecule has 1 amide bonds. The zero-order valence-electron chi connectivity index (χ0n) is 11.3. The minimum Gasteiger partial charge on any atom is -0.393 e. The van der Waals surface area contributed by atoms with Gasteiger partial charge in [-0.3, -0.25) is 4.79 Å². The second kappa shape index (κ2) is 6.97. The van der Waals surface area contributed by atoms with Crippen LogP contribution in [0.4, 0.5) is 0 Å². The third-order valence-electron chi connectivity index (χ3n) is 3.41. The van der Waals surface area contributed by atoms with Crippen molar-refractivity contribution in [2.75, 3.05) is 13.1 Å². The first-order valence-electron chi connectivity index (χ1n) is 6.70. The number of piperidine rings is 1. The molecule has 4 nitrogen and oxygen atoms in total. The fraction of sp³-hybridized carbons (Fsp3) is 0.923. The van der Waals surface area contributed by atoms with Gasteiger partial charge in [0.1, 0.15) is 0 Å². The molecular formula is C13H26N2O2. The Morgan fingerprint density at radius 3 is 2.41 bits per heavy atom. The fourth-order valence-electron chi connectivity index (χ4n) is 2.20. The number of carbonyl (C=O) groups excluding carboxylic acids is 1. The summed E-state index contributed by atoms with van der Waals surface area (Å²) in [6.45, 7) is 8.27. The zero-order valence-corrected chi connectivity index (χ0v) is 11.3. The minimum absolute atomic E-state index is 0.0777. The van der Waals surface area contributed by atoms with Gasteiger partial charge >= 0.3 is 0 Å². The molecule has 1 unspecified atom stereocenters. The van der Waals surface area contributed by atoms with E-state index in [0.29, 0.717) is 24.9 Å². The van der Waals surface area contributed by atoms with Gasteiger partial charge in [0.15, 0.2) is 0 Å². The summed E-state index contributed by atoms with van der Waals surface area (Å²) < 4.78 is 0. The van der Waals surface area contributed by atoms with Crippen molar-refractivity contribution in [2.24, 2.45) is 0 Å². The first-order chi connectivity index (χ1) is 7.99. The molecule has 1 aliphatic heterocycles. The van der Waals surface area contributed by atoms with Gasteiger partial charge in [0.05, 0.1) is 6.10 Å². The molecule has 1 heterocycles. The first kappa shape index (κ1) is 14.5. The molecule has 0 aliphatic carbocycles. The number of aliphatic hydroxyl groups excluding tert-OH is 1. The van der Waals surface area contributed by atoms with E-state index in [4.69, 9.17) is 5.11 Å². The summed E-state index contributed by atoms with van der Waals surface area (Å²) in [5.74, 6) is 0.0777. The Morgan fingerprint density at radius 1 is 1.35 bits per heavy atom. The van der Waals surface area contributed by atoms with Gasteiger partial charge in [0, 0.05) is 31.6 Å². The molecule has 0 bridgehead atoms. The first-order valence-corrected chi connectivity index (χ1v) is 6.70. The summed E-state index contributed by atoms with van der Waals surface area (Å²) >= 11 is 0. The molecule has 1 aliphatic rings. The molecule has 100 valence electrons. The molecule has 0 aromatic carbocycles. The number of carbonyl (C=O) groups is 1. The lowest BCUT2D eigenvalue weighted by Crippen LogP contribution is -2.46. The lowest BCUT2D eigenvalue weighted by Gasteiger charge is -2.34. The fourth-order valence-corrected chi connectivity index (χ4v) is 2.20. The Morgan fingerprint density at radius 2 is 1.94 bits per heavy atom. The maximum Gasteiger partial charge on any atom is 0.220 e. The topological polar surface area (TPSA) is 52.6 Å². The number of likely N-dealkylation sites (tertiary alicyclic amines) is 1. The Bertz CT molecular complexity index is 234. The van der Waals surface area contributed by atoms with Gasteiger partial charge in [0.2, 0.25) is 5.91 Å². The number of rotatable bonds is 5. The number of hydrogen-bond donors (Lipinski definition) is 2. The van der Waals surface area contributed by atoms with Crippen LogP contribution >= 0.6 is 0 Å². The van der Waals surface area contributed by atoms with E-state index in [2.05, 4.69) is 24.1 Å². The minimum atomic E-state index is -0.386. The van der Waals surface area contributed by atoms with Crippen molar-refractivity contribution in [1.29, 1.82) is 0 Å². The van der Waals surface area contributed by atoms with Crippen molar-refractivity contribution >= 4 is 5.91 Å². The van der Waals surface area contributed by atoms with Crippen LogP contribution < -0.4 is 5.32 Å². The van der Waals surface area contributed by atoms with Crippen molar-refractivity contribution in [3.63, 3.8) is 0 Å². The quantitative estimate of drug-likeness (QED) is 0.760. The maximum atomic E-state index is 11.6. The molecule has 0 aromatic heterocycles. The summed E-state index contributed by atoms with van der Waals surface area (Å²) in [4.78, 5) is 14.0. The third kappa shape index (κ3) is 5.50. The molecule has 1 rings (SSSR count). The summed E-state index contributed by atoms with van der Waals surface area (Å²) in [7, 11) is 0. The highest BCUT2D eigenvalue weighted by Crippen LogP contribution is 2.13. The Kier molecular flexibility index (Phi) is 5.92. The predicted octanol–water partition coefficient (Wildman–Crippen LogP) is 1.14. The standard InChI is InChI=1S/C13H26N2O2/c1-10(2)15-8-6-12(7-9-15)14-13(17)5-4-11(3)16/h10-12,16H,4-9H2,1-3H3,(H,14,17). The van der Waals surface area contributed by atoms with Gasteiger partial charge in [-0.1, -0.05) is 0 Å². The molecule has 0 aromatic rings. The molecule has 1 saturated heterocycles. The van der Waals surface area contributed by atoms with E-state index < -0.39 is 0 Å². The van der Waals surface area contributed by atoms with Crippen LogP contribution in [0, 0.1) is 0 Å². The number of aliphatic hydroxyl groups is 1. The lowest BCUT2D eigenvalue weighted by molar-refractivity contribution is -0.122. The molecule has 2 N–H and O–H groups in total. The summed E-state index contributed by atoms with van der Waals surface area (Å²) in [6.07, 6.45) is 2.68. The van der Waals surface area contributed by atoms with E-state index >= 15 is 0 Å². The second-order valence-electron chi connectivity index (χ2n) is 5.36. The highest BCUT2D eigenvalue weighted by molar-refractivity contribution is 5.76. The van der Waals surface area contributed by atoms with Gasteiger partial charge in [-0.25, -0.2) is 0 Å². The molecule has 0 radical (unpaired) electrons. The van der Waals surface area contributed by atoms with Crippen LogP contribution in [0.1, 0.15) is 46.5 Å². The largest absolute Gasteiger partial charge is 0.393 e. The van der Waals surface area contributed by atoms with Crippen LogP contribution in [-0.2, 0) is 4.79 Å². The third-order valence-corrected chi connectivity index (χ3v) is 3.41. The highest BCUT2D eigenvalue weighted by atomic mass is 16.3. The van der Waals surface area contributed by atoms with E-state index in [9.17, 15) is 4.79 Å². The molecule has 0 saturated carbocycles. The van der Waals surface area contributed by atoms with Crippen LogP contribution in [0.2, 0.25) is 0 Å². The molecule has 4 heteroatoms. The van der Waals surface area contributed by atoms with Crippen molar-refractivity contribution in [2.45, 2.75) is 64.6 Å². The second-order valence-corrected chi connectivity index (χ2v) is 5.36. The van der Waals surface area contributed by atoms with Crippen molar-refractivity contribution < 1.29 is 9.90 Å². The predicted molar refractivity (Wildman–Crippen MR) is 68.8 cm³/mol. The van der Waals surface area contributed by atoms with Gasteiger partial charge in [0.25, 0.3) is 0 Å². The van der Waals surface area contributed by atoms with E-state index in [1.165, 1.54) is 0 Å².